The molecule has 7 heteroatoms. The van der Waals surface area contributed by atoms with Crippen molar-refractivity contribution in [2.24, 2.45) is 5.73 Å². The molecule has 15 heavy (non-hydrogen) atoms. The largest absolute Gasteiger partial charge is 0.383 e. The number of carbonyl (C=O) groups is 1. The van der Waals surface area contributed by atoms with Crippen LogP contribution in [0.4, 0.5) is 5.69 Å². The number of nitrogens with two attached hydrogens (primary N) is 1. The molecule has 0 bridgehead atoms. The molecule has 1 aromatic rings. The maximum absolute atomic E-state index is 11.0. The standard InChI is InChI=1S/C8H11ClN4O2/c1-15-3-2-11-5-4-12-8(9)13-6(5)7(10)14/h4,11H,2-3H2,1H3,(H2,10,14). The van der Waals surface area contributed by atoms with Crippen molar-refractivity contribution >= 4 is 23.2 Å². The summed E-state index contributed by atoms with van der Waals surface area (Å²) < 4.78 is 4.84. The summed E-state index contributed by atoms with van der Waals surface area (Å²) in [6.45, 7) is 1.03. The van der Waals surface area contributed by atoms with Crippen LogP contribution in [0.5, 0.6) is 0 Å². The molecule has 0 atom stereocenters. The number of aromatic nitrogens is 2. The highest BCUT2D eigenvalue weighted by Gasteiger charge is 2.10. The molecule has 0 aliphatic carbocycles. The highest BCUT2D eigenvalue weighted by atomic mass is 35.5. The molecule has 1 heterocycles. The third-order valence-corrected chi connectivity index (χ3v) is 1.80. The zero-order valence-electron chi connectivity index (χ0n) is 8.16. The summed E-state index contributed by atoms with van der Waals surface area (Å²) in [6.07, 6.45) is 1.41. The van der Waals surface area contributed by atoms with E-state index < -0.39 is 5.91 Å². The second-order valence-corrected chi connectivity index (χ2v) is 3.02. The van der Waals surface area contributed by atoms with E-state index in [4.69, 9.17) is 22.1 Å². The van der Waals surface area contributed by atoms with Gasteiger partial charge in [-0.1, -0.05) is 0 Å². The Morgan fingerprint density at radius 1 is 1.73 bits per heavy atom. The molecule has 82 valence electrons. The first-order valence-corrected chi connectivity index (χ1v) is 4.58. The average molecular weight is 231 g/mol. The maximum atomic E-state index is 11.0. The van der Waals surface area contributed by atoms with Gasteiger partial charge in [0.25, 0.3) is 5.91 Å². The molecule has 0 aromatic carbocycles. The van der Waals surface area contributed by atoms with Gasteiger partial charge >= 0.3 is 0 Å². The fraction of sp³-hybridized carbons (Fsp3) is 0.375. The molecule has 0 aliphatic heterocycles. The number of nitrogens with one attached hydrogen (secondary N) is 1. The van der Waals surface area contributed by atoms with Crippen molar-refractivity contribution in [3.05, 3.63) is 17.2 Å². The van der Waals surface area contributed by atoms with Crippen molar-refractivity contribution in [1.82, 2.24) is 9.97 Å². The van der Waals surface area contributed by atoms with Crippen LogP contribution in [-0.4, -0.2) is 36.1 Å². The van der Waals surface area contributed by atoms with Gasteiger partial charge in [-0.2, -0.15) is 0 Å². The monoisotopic (exact) mass is 230 g/mol. The summed E-state index contributed by atoms with van der Waals surface area (Å²) in [5.74, 6) is -0.654. The van der Waals surface area contributed by atoms with E-state index in [1.807, 2.05) is 0 Å². The number of amides is 1. The molecule has 0 fully saturated rings. The highest BCUT2D eigenvalue weighted by Crippen LogP contribution is 2.13. The number of hydrogen-bond acceptors (Lipinski definition) is 5. The van der Waals surface area contributed by atoms with Crippen molar-refractivity contribution in [2.75, 3.05) is 25.6 Å². The first-order valence-electron chi connectivity index (χ1n) is 4.20. The van der Waals surface area contributed by atoms with Crippen LogP contribution in [0.25, 0.3) is 0 Å². The number of hydrogen-bond donors (Lipinski definition) is 2. The lowest BCUT2D eigenvalue weighted by molar-refractivity contribution is 0.0996. The lowest BCUT2D eigenvalue weighted by atomic mass is 10.3. The number of carbonyl (C=O) groups excluding carboxylic acids is 1. The van der Waals surface area contributed by atoms with Crippen LogP contribution in [0.15, 0.2) is 6.20 Å². The van der Waals surface area contributed by atoms with Crippen molar-refractivity contribution in [3.63, 3.8) is 0 Å². The van der Waals surface area contributed by atoms with Gasteiger partial charge in [0.1, 0.15) is 0 Å². The van der Waals surface area contributed by atoms with Gasteiger partial charge in [0.2, 0.25) is 5.28 Å². The topological polar surface area (TPSA) is 90.1 Å². The third-order valence-electron chi connectivity index (χ3n) is 1.61. The lowest BCUT2D eigenvalue weighted by Crippen LogP contribution is -2.18. The van der Waals surface area contributed by atoms with E-state index in [1.165, 1.54) is 6.20 Å². The molecule has 0 unspecified atom stereocenters. The summed E-state index contributed by atoms with van der Waals surface area (Å²) in [4.78, 5) is 18.5. The van der Waals surface area contributed by atoms with E-state index in [9.17, 15) is 4.79 Å². The molecule has 1 amide bonds. The van der Waals surface area contributed by atoms with Crippen molar-refractivity contribution in [3.8, 4) is 0 Å². The Morgan fingerprint density at radius 2 is 2.47 bits per heavy atom. The van der Waals surface area contributed by atoms with Crippen LogP contribution in [0.3, 0.4) is 0 Å². The summed E-state index contributed by atoms with van der Waals surface area (Å²) in [7, 11) is 1.58. The number of ether oxygens (including phenoxy) is 1. The smallest absolute Gasteiger partial charge is 0.269 e. The van der Waals surface area contributed by atoms with Gasteiger partial charge in [-0.15, -0.1) is 0 Å². The normalized spacial score (nSPS) is 10.0. The Hall–Kier alpha value is -1.40. The quantitative estimate of drug-likeness (QED) is 0.560. The molecule has 6 nitrogen and oxygen atoms in total. The van der Waals surface area contributed by atoms with Gasteiger partial charge in [0, 0.05) is 13.7 Å². The second kappa shape index (κ2) is 5.47. The van der Waals surface area contributed by atoms with Crippen LogP contribution in [-0.2, 0) is 4.74 Å². The first kappa shape index (κ1) is 11.7. The van der Waals surface area contributed by atoms with Crippen LogP contribution < -0.4 is 11.1 Å². The van der Waals surface area contributed by atoms with Crippen LogP contribution >= 0.6 is 11.6 Å². The van der Waals surface area contributed by atoms with Crippen LogP contribution in [0.2, 0.25) is 5.28 Å². The van der Waals surface area contributed by atoms with E-state index in [0.29, 0.717) is 18.8 Å². The molecule has 0 radical (unpaired) electrons. The molecule has 0 saturated heterocycles. The maximum Gasteiger partial charge on any atom is 0.269 e. The van der Waals surface area contributed by atoms with E-state index in [0.717, 1.165) is 0 Å². The summed E-state index contributed by atoms with van der Waals surface area (Å²) in [5.41, 5.74) is 5.65. The second-order valence-electron chi connectivity index (χ2n) is 2.69. The predicted octanol–water partition coefficient (Wildman–Crippen LogP) is 0.287. The van der Waals surface area contributed by atoms with E-state index >= 15 is 0 Å². The van der Waals surface area contributed by atoms with Crippen LogP contribution in [0, 0.1) is 0 Å². The molecule has 1 rings (SSSR count). The SMILES string of the molecule is COCCNc1cnc(Cl)nc1C(N)=O. The van der Waals surface area contributed by atoms with Gasteiger partial charge in [-0.05, 0) is 11.6 Å². The van der Waals surface area contributed by atoms with E-state index in [2.05, 4.69) is 15.3 Å². The van der Waals surface area contributed by atoms with Gasteiger partial charge in [-0.3, -0.25) is 4.79 Å². The number of methoxy groups -OCH3 is 1. The molecule has 3 N–H and O–H groups in total. The number of rotatable bonds is 5. The van der Waals surface area contributed by atoms with Crippen molar-refractivity contribution in [1.29, 1.82) is 0 Å². The summed E-state index contributed by atoms with van der Waals surface area (Å²) in [6, 6.07) is 0. The van der Waals surface area contributed by atoms with Gasteiger partial charge < -0.3 is 15.8 Å². The molecular formula is C8H11ClN4O2. The third kappa shape index (κ3) is 3.34. The molecule has 0 saturated carbocycles. The zero-order valence-corrected chi connectivity index (χ0v) is 8.91. The molecular weight excluding hydrogens is 220 g/mol. The molecule has 0 spiro atoms. The fourth-order valence-electron chi connectivity index (χ4n) is 0.965. The zero-order chi connectivity index (χ0) is 11.3. The van der Waals surface area contributed by atoms with Crippen molar-refractivity contribution < 1.29 is 9.53 Å². The predicted molar refractivity (Wildman–Crippen MR) is 55.9 cm³/mol. The van der Waals surface area contributed by atoms with Crippen LogP contribution in [0.1, 0.15) is 10.5 Å². The number of nitrogens with zero attached hydrogens (tertiary/aromatic N) is 2. The highest BCUT2D eigenvalue weighted by molar-refractivity contribution is 6.28. The summed E-state index contributed by atoms with van der Waals surface area (Å²) in [5, 5.41) is 2.90. The Balaban J connectivity index is 2.81. The van der Waals surface area contributed by atoms with Gasteiger partial charge in [0.05, 0.1) is 18.5 Å². The Morgan fingerprint density at radius 3 is 3.07 bits per heavy atom. The first-order chi connectivity index (χ1) is 7.15. The van der Waals surface area contributed by atoms with Crippen molar-refractivity contribution in [2.45, 2.75) is 0 Å². The minimum atomic E-state index is -0.654. The fourth-order valence-corrected chi connectivity index (χ4v) is 1.10. The average Bonchev–Trinajstić information content (AvgIpc) is 2.20. The lowest BCUT2D eigenvalue weighted by Gasteiger charge is -2.07. The van der Waals surface area contributed by atoms with E-state index in [-0.39, 0.29) is 11.0 Å². The Bertz CT molecular complexity index is 358. The summed E-state index contributed by atoms with van der Waals surface area (Å²) >= 11 is 5.54. The minimum absolute atomic E-state index is 0.0129. The number of primary amides is 1. The molecule has 0 aliphatic rings. The van der Waals surface area contributed by atoms with Gasteiger partial charge in [-0.25, -0.2) is 9.97 Å². The number of halogens is 1. The Labute approximate surface area is 91.8 Å². The minimum Gasteiger partial charge on any atom is -0.383 e. The molecule has 1 aromatic heterocycles. The van der Waals surface area contributed by atoms with Gasteiger partial charge in [0.15, 0.2) is 5.69 Å². The Kier molecular flexibility index (Phi) is 4.26. The van der Waals surface area contributed by atoms with E-state index in [1.54, 1.807) is 7.11 Å². The number of anilines is 1.